The van der Waals surface area contributed by atoms with E-state index in [9.17, 15) is 4.79 Å². The number of carbonyl (C=O) groups excluding carboxylic acids is 1. The molecule has 3 rings (SSSR count). The van der Waals surface area contributed by atoms with E-state index in [0.29, 0.717) is 6.54 Å². The molecule has 1 aliphatic rings. The minimum absolute atomic E-state index is 0.249. The molecule has 0 fully saturated rings. The van der Waals surface area contributed by atoms with Gasteiger partial charge in [0.1, 0.15) is 11.8 Å². The summed E-state index contributed by atoms with van der Waals surface area (Å²) in [4.78, 5) is 17.7. The van der Waals surface area contributed by atoms with Crippen molar-refractivity contribution in [1.29, 1.82) is 0 Å². The van der Waals surface area contributed by atoms with Gasteiger partial charge in [0, 0.05) is 29.7 Å². The summed E-state index contributed by atoms with van der Waals surface area (Å²) in [6, 6.07) is 5.50. The number of carbonyl (C=O) groups is 1. The van der Waals surface area contributed by atoms with Crippen LogP contribution in [0.2, 0.25) is 0 Å². The summed E-state index contributed by atoms with van der Waals surface area (Å²) >= 11 is 0. The van der Waals surface area contributed by atoms with Gasteiger partial charge in [-0.15, -0.1) is 6.58 Å². The Morgan fingerprint density at radius 3 is 3.00 bits per heavy atom. The number of hydrogen-bond acceptors (Lipinski definition) is 4. The van der Waals surface area contributed by atoms with E-state index in [1.54, 1.807) is 7.11 Å². The van der Waals surface area contributed by atoms with Gasteiger partial charge in [0.05, 0.1) is 14.2 Å². The van der Waals surface area contributed by atoms with E-state index in [0.717, 1.165) is 35.3 Å². The zero-order valence-electron chi connectivity index (χ0n) is 12.9. The van der Waals surface area contributed by atoms with Crippen molar-refractivity contribution in [3.63, 3.8) is 0 Å². The molecule has 2 heterocycles. The minimum Gasteiger partial charge on any atom is -0.497 e. The molecule has 0 aliphatic carbocycles. The molecule has 5 nitrogen and oxygen atoms in total. The fourth-order valence-electron chi connectivity index (χ4n) is 3.19. The van der Waals surface area contributed by atoms with Crippen molar-refractivity contribution in [2.75, 3.05) is 27.3 Å². The first-order chi connectivity index (χ1) is 10.7. The molecule has 1 aromatic carbocycles. The molecule has 1 atom stereocenters. The Labute approximate surface area is 129 Å². The topological polar surface area (TPSA) is 54.6 Å². The van der Waals surface area contributed by atoms with Gasteiger partial charge in [0.25, 0.3) is 0 Å². The number of H-pyrrole nitrogens is 1. The van der Waals surface area contributed by atoms with Crippen LogP contribution in [0.1, 0.15) is 17.3 Å². The lowest BCUT2D eigenvalue weighted by atomic mass is 9.97. The first kappa shape index (κ1) is 14.7. The maximum atomic E-state index is 12.3. The molecule has 1 aliphatic heterocycles. The van der Waals surface area contributed by atoms with Crippen LogP contribution >= 0.6 is 0 Å². The third-order valence-corrected chi connectivity index (χ3v) is 4.22. The first-order valence-electron chi connectivity index (χ1n) is 7.30. The maximum Gasteiger partial charge on any atom is 0.329 e. The fourth-order valence-corrected chi connectivity index (χ4v) is 3.19. The lowest BCUT2D eigenvalue weighted by Crippen LogP contribution is -2.40. The zero-order valence-corrected chi connectivity index (χ0v) is 12.9. The Kier molecular flexibility index (Phi) is 3.90. The second-order valence-electron chi connectivity index (χ2n) is 5.39. The van der Waals surface area contributed by atoms with Gasteiger partial charge in [0.2, 0.25) is 0 Å². The normalized spacial score (nSPS) is 18.0. The highest BCUT2D eigenvalue weighted by molar-refractivity contribution is 5.89. The highest BCUT2D eigenvalue weighted by Crippen LogP contribution is 2.36. The van der Waals surface area contributed by atoms with E-state index in [1.165, 1.54) is 12.7 Å². The van der Waals surface area contributed by atoms with Gasteiger partial charge in [-0.25, -0.2) is 4.79 Å². The van der Waals surface area contributed by atoms with Crippen LogP contribution in [0, 0.1) is 0 Å². The number of nitrogens with one attached hydrogen (secondary N) is 1. The lowest BCUT2D eigenvalue weighted by Gasteiger charge is -2.32. The fraction of sp³-hybridized carbons (Fsp3) is 0.353. The summed E-state index contributed by atoms with van der Waals surface area (Å²) in [5.74, 6) is 0.568. The average molecular weight is 300 g/mol. The summed E-state index contributed by atoms with van der Waals surface area (Å²) in [5.41, 5.74) is 3.10. The number of aromatic amines is 1. The second kappa shape index (κ2) is 5.85. The Morgan fingerprint density at radius 1 is 1.50 bits per heavy atom. The molecule has 0 saturated carbocycles. The largest absolute Gasteiger partial charge is 0.497 e. The van der Waals surface area contributed by atoms with Crippen LogP contribution in [0.15, 0.2) is 30.9 Å². The van der Waals surface area contributed by atoms with E-state index < -0.39 is 6.04 Å². The molecule has 0 spiro atoms. The summed E-state index contributed by atoms with van der Waals surface area (Å²) in [6.07, 6.45) is 2.69. The van der Waals surface area contributed by atoms with Crippen LogP contribution in [-0.2, 0) is 16.0 Å². The molecular formula is C17H20N2O3. The molecule has 1 aromatic heterocycles. The average Bonchev–Trinajstić information content (AvgIpc) is 2.91. The van der Waals surface area contributed by atoms with E-state index in [1.807, 2.05) is 24.3 Å². The number of esters is 1. The van der Waals surface area contributed by atoms with Crippen molar-refractivity contribution in [1.82, 2.24) is 9.88 Å². The van der Waals surface area contributed by atoms with Gasteiger partial charge in [-0.3, -0.25) is 4.90 Å². The standard InChI is InChI=1S/C17H20N2O3/c1-4-8-19-9-7-12-13-10-11(21-2)5-6-14(13)18-15(12)16(19)17(20)22-3/h4-6,10,16,18H,1,7-9H2,2-3H3. The number of hydrogen-bond donors (Lipinski definition) is 1. The van der Waals surface area contributed by atoms with Crippen molar-refractivity contribution in [2.24, 2.45) is 0 Å². The van der Waals surface area contributed by atoms with Crippen LogP contribution < -0.4 is 4.74 Å². The number of benzene rings is 1. The molecular weight excluding hydrogens is 280 g/mol. The molecule has 0 saturated heterocycles. The van der Waals surface area contributed by atoms with Gasteiger partial charge in [0.15, 0.2) is 0 Å². The van der Waals surface area contributed by atoms with Crippen LogP contribution in [0.25, 0.3) is 10.9 Å². The molecule has 116 valence electrons. The maximum absolute atomic E-state index is 12.3. The zero-order chi connectivity index (χ0) is 15.7. The van der Waals surface area contributed by atoms with E-state index in [-0.39, 0.29) is 5.97 Å². The van der Waals surface area contributed by atoms with Gasteiger partial charge in [-0.05, 0) is 30.2 Å². The summed E-state index contributed by atoms with van der Waals surface area (Å²) in [6.45, 7) is 5.22. The van der Waals surface area contributed by atoms with Crippen molar-refractivity contribution >= 4 is 16.9 Å². The minimum atomic E-state index is -0.412. The van der Waals surface area contributed by atoms with Crippen molar-refractivity contribution < 1.29 is 14.3 Å². The lowest BCUT2D eigenvalue weighted by molar-refractivity contribution is -0.147. The van der Waals surface area contributed by atoms with Crippen LogP contribution in [0.3, 0.4) is 0 Å². The molecule has 0 bridgehead atoms. The summed E-state index contributed by atoms with van der Waals surface area (Å²) in [5, 5.41) is 1.11. The molecule has 5 heteroatoms. The SMILES string of the molecule is C=CCN1CCc2c([nH]c3ccc(OC)cc23)C1C(=O)OC. The Balaban J connectivity index is 2.13. The highest BCUT2D eigenvalue weighted by atomic mass is 16.5. The number of methoxy groups -OCH3 is 2. The predicted molar refractivity (Wildman–Crippen MR) is 85.1 cm³/mol. The van der Waals surface area contributed by atoms with E-state index in [2.05, 4.69) is 16.5 Å². The van der Waals surface area contributed by atoms with E-state index in [4.69, 9.17) is 9.47 Å². The summed E-state index contributed by atoms with van der Waals surface area (Å²) in [7, 11) is 3.08. The summed E-state index contributed by atoms with van der Waals surface area (Å²) < 4.78 is 10.3. The smallest absolute Gasteiger partial charge is 0.329 e. The number of rotatable bonds is 4. The predicted octanol–water partition coefficient (Wildman–Crippen LogP) is 2.43. The number of nitrogens with zero attached hydrogens (tertiary/aromatic N) is 1. The van der Waals surface area contributed by atoms with Gasteiger partial charge in [-0.2, -0.15) is 0 Å². The molecule has 2 aromatic rings. The van der Waals surface area contributed by atoms with Crippen molar-refractivity contribution in [2.45, 2.75) is 12.5 Å². The Hall–Kier alpha value is -2.27. The number of ether oxygens (including phenoxy) is 2. The van der Waals surface area contributed by atoms with Gasteiger partial charge in [-0.1, -0.05) is 6.08 Å². The Bertz CT molecular complexity index is 720. The monoisotopic (exact) mass is 300 g/mol. The molecule has 0 radical (unpaired) electrons. The van der Waals surface area contributed by atoms with Crippen LogP contribution in [-0.4, -0.2) is 43.2 Å². The first-order valence-corrected chi connectivity index (χ1v) is 7.30. The van der Waals surface area contributed by atoms with Crippen LogP contribution in [0.4, 0.5) is 0 Å². The van der Waals surface area contributed by atoms with Crippen LogP contribution in [0.5, 0.6) is 5.75 Å². The quantitative estimate of drug-likeness (QED) is 0.696. The number of fused-ring (bicyclic) bond motifs is 3. The Morgan fingerprint density at radius 2 is 2.32 bits per heavy atom. The van der Waals surface area contributed by atoms with Gasteiger partial charge < -0.3 is 14.5 Å². The molecule has 1 unspecified atom stereocenters. The third kappa shape index (κ3) is 2.27. The van der Waals surface area contributed by atoms with E-state index >= 15 is 0 Å². The molecule has 22 heavy (non-hydrogen) atoms. The van der Waals surface area contributed by atoms with Gasteiger partial charge >= 0.3 is 5.97 Å². The number of aromatic nitrogens is 1. The highest BCUT2D eigenvalue weighted by Gasteiger charge is 2.35. The third-order valence-electron chi connectivity index (χ3n) is 4.22. The molecule has 0 amide bonds. The van der Waals surface area contributed by atoms with Crippen molar-refractivity contribution in [3.05, 3.63) is 42.1 Å². The molecule has 1 N–H and O–H groups in total. The van der Waals surface area contributed by atoms with Crippen molar-refractivity contribution in [3.8, 4) is 5.75 Å². The second-order valence-corrected chi connectivity index (χ2v) is 5.39.